The molecule has 25 heavy (non-hydrogen) atoms. The molecule has 1 aliphatic heterocycles. The van der Waals surface area contributed by atoms with Gasteiger partial charge in [0.25, 0.3) is 0 Å². The van der Waals surface area contributed by atoms with E-state index in [0.717, 1.165) is 34.7 Å². The topological polar surface area (TPSA) is 82.4 Å². The first-order valence-corrected chi connectivity index (χ1v) is 8.58. The summed E-state index contributed by atoms with van der Waals surface area (Å²) >= 11 is 0. The van der Waals surface area contributed by atoms with E-state index < -0.39 is 0 Å². The molecule has 2 heterocycles. The molecule has 0 saturated carbocycles. The Balaban J connectivity index is 1.72. The number of anilines is 1. The van der Waals surface area contributed by atoms with Crippen molar-refractivity contribution in [2.75, 3.05) is 25.0 Å². The third kappa shape index (κ3) is 3.76. The number of aromatic nitrogens is 2. The fourth-order valence-electron chi connectivity index (χ4n) is 3.18. The quantitative estimate of drug-likeness (QED) is 0.714. The molecule has 1 aliphatic rings. The molecule has 2 amide bonds. The van der Waals surface area contributed by atoms with E-state index in [0.29, 0.717) is 26.2 Å². The first-order valence-electron chi connectivity index (χ1n) is 8.58. The smallest absolute Gasteiger partial charge is 0.317 e. The summed E-state index contributed by atoms with van der Waals surface area (Å²) in [6.07, 6.45) is 0. The van der Waals surface area contributed by atoms with Gasteiger partial charge in [-0.3, -0.25) is 4.68 Å². The Labute approximate surface area is 147 Å². The second kappa shape index (κ2) is 7.57. The third-order valence-corrected chi connectivity index (χ3v) is 4.62. The van der Waals surface area contributed by atoms with E-state index in [1.54, 1.807) is 0 Å². The van der Waals surface area contributed by atoms with Crippen molar-refractivity contribution in [2.45, 2.75) is 33.5 Å². The van der Waals surface area contributed by atoms with Crippen LogP contribution in [-0.4, -0.2) is 45.5 Å². The third-order valence-electron chi connectivity index (χ3n) is 4.62. The number of hydrogen-bond acceptors (Lipinski definition) is 4. The van der Waals surface area contributed by atoms with Crippen LogP contribution in [0.1, 0.15) is 22.5 Å². The van der Waals surface area contributed by atoms with Crippen molar-refractivity contribution in [1.29, 1.82) is 0 Å². The van der Waals surface area contributed by atoms with E-state index in [4.69, 9.17) is 5.11 Å². The lowest BCUT2D eigenvalue weighted by Gasteiger charge is -2.18. The van der Waals surface area contributed by atoms with Crippen LogP contribution in [0, 0.1) is 13.8 Å². The van der Waals surface area contributed by atoms with Crippen molar-refractivity contribution in [1.82, 2.24) is 20.0 Å². The lowest BCUT2D eigenvalue weighted by atomic mass is 10.1. The number of para-hydroxylation sites is 1. The summed E-state index contributed by atoms with van der Waals surface area (Å²) in [5.74, 6) is 0. The van der Waals surface area contributed by atoms with E-state index in [1.807, 2.05) is 47.7 Å². The van der Waals surface area contributed by atoms with Gasteiger partial charge in [-0.15, -0.1) is 0 Å². The Morgan fingerprint density at radius 1 is 1.32 bits per heavy atom. The summed E-state index contributed by atoms with van der Waals surface area (Å²) in [5.41, 5.74) is 5.29. The summed E-state index contributed by atoms with van der Waals surface area (Å²) in [5, 5.41) is 19.9. The number of carbonyl (C=O) groups is 1. The normalized spacial score (nSPS) is 14.0. The van der Waals surface area contributed by atoms with E-state index in [1.165, 1.54) is 0 Å². The average Bonchev–Trinajstić information content (AvgIpc) is 3.11. The molecule has 134 valence electrons. The van der Waals surface area contributed by atoms with Gasteiger partial charge in [0.05, 0.1) is 18.8 Å². The molecular weight excluding hydrogens is 318 g/mol. The zero-order valence-corrected chi connectivity index (χ0v) is 14.7. The molecule has 3 rings (SSSR count). The van der Waals surface area contributed by atoms with Gasteiger partial charge in [0.15, 0.2) is 0 Å². The highest BCUT2D eigenvalue weighted by molar-refractivity contribution is 5.76. The van der Waals surface area contributed by atoms with Crippen molar-refractivity contribution in [3.8, 4) is 0 Å². The van der Waals surface area contributed by atoms with Gasteiger partial charge in [-0.25, -0.2) is 4.79 Å². The van der Waals surface area contributed by atoms with Crippen LogP contribution in [0.15, 0.2) is 24.3 Å². The Kier molecular flexibility index (Phi) is 5.23. The van der Waals surface area contributed by atoms with Crippen LogP contribution in [0.3, 0.4) is 0 Å². The monoisotopic (exact) mass is 343 g/mol. The fourth-order valence-corrected chi connectivity index (χ4v) is 3.18. The lowest BCUT2D eigenvalue weighted by Crippen LogP contribution is -2.27. The highest BCUT2D eigenvalue weighted by Crippen LogP contribution is 2.21. The number of nitrogens with one attached hydrogen (secondary N) is 2. The molecule has 7 heteroatoms. The molecule has 3 N–H and O–H groups in total. The molecule has 1 saturated heterocycles. The second-order valence-corrected chi connectivity index (χ2v) is 6.26. The van der Waals surface area contributed by atoms with Gasteiger partial charge in [-0.1, -0.05) is 18.2 Å². The molecule has 0 aliphatic carbocycles. The number of benzene rings is 1. The first kappa shape index (κ1) is 17.3. The maximum absolute atomic E-state index is 11.8. The number of urea groups is 1. The SMILES string of the molecule is Cc1nn(CCO)c(C)c1CNc1ccccc1CN1CCNC1=O. The predicted octanol–water partition coefficient (Wildman–Crippen LogP) is 1.63. The molecule has 2 aromatic rings. The van der Waals surface area contributed by atoms with E-state index in [-0.39, 0.29) is 12.6 Å². The summed E-state index contributed by atoms with van der Waals surface area (Å²) in [6.45, 7) is 7.29. The minimum Gasteiger partial charge on any atom is -0.394 e. The van der Waals surface area contributed by atoms with Gasteiger partial charge >= 0.3 is 6.03 Å². The Hall–Kier alpha value is -2.54. The molecule has 0 spiro atoms. The van der Waals surface area contributed by atoms with Gasteiger partial charge in [-0.2, -0.15) is 5.10 Å². The molecule has 0 bridgehead atoms. The molecule has 1 aromatic carbocycles. The van der Waals surface area contributed by atoms with E-state index in [9.17, 15) is 4.79 Å². The van der Waals surface area contributed by atoms with Crippen LogP contribution in [0.25, 0.3) is 0 Å². The molecule has 0 atom stereocenters. The van der Waals surface area contributed by atoms with Crippen LogP contribution in [0.5, 0.6) is 0 Å². The zero-order chi connectivity index (χ0) is 17.8. The van der Waals surface area contributed by atoms with Crippen molar-refractivity contribution in [2.24, 2.45) is 0 Å². The van der Waals surface area contributed by atoms with Gasteiger partial charge in [0, 0.05) is 43.1 Å². The Bertz CT molecular complexity index is 756. The first-order chi connectivity index (χ1) is 12.1. The van der Waals surface area contributed by atoms with Crippen LogP contribution < -0.4 is 10.6 Å². The minimum absolute atomic E-state index is 0.00762. The molecule has 1 fully saturated rings. The highest BCUT2D eigenvalue weighted by Gasteiger charge is 2.20. The second-order valence-electron chi connectivity index (χ2n) is 6.26. The summed E-state index contributed by atoms with van der Waals surface area (Å²) in [4.78, 5) is 13.6. The number of rotatable bonds is 7. The van der Waals surface area contributed by atoms with E-state index in [2.05, 4.69) is 15.7 Å². The number of hydrogen-bond donors (Lipinski definition) is 3. The van der Waals surface area contributed by atoms with Crippen molar-refractivity contribution in [3.05, 3.63) is 46.8 Å². The van der Waals surface area contributed by atoms with Gasteiger partial charge in [0.2, 0.25) is 0 Å². The maximum atomic E-state index is 11.8. The summed E-state index contributed by atoms with van der Waals surface area (Å²) < 4.78 is 1.84. The van der Waals surface area contributed by atoms with Crippen LogP contribution in [0.2, 0.25) is 0 Å². The lowest BCUT2D eigenvalue weighted by molar-refractivity contribution is 0.215. The van der Waals surface area contributed by atoms with Crippen molar-refractivity contribution in [3.63, 3.8) is 0 Å². The Morgan fingerprint density at radius 2 is 2.12 bits per heavy atom. The highest BCUT2D eigenvalue weighted by atomic mass is 16.3. The molecule has 7 nitrogen and oxygen atoms in total. The van der Waals surface area contributed by atoms with Crippen LogP contribution in [-0.2, 0) is 19.6 Å². The van der Waals surface area contributed by atoms with Crippen LogP contribution >= 0.6 is 0 Å². The number of amides is 2. The summed E-state index contributed by atoms with van der Waals surface area (Å²) in [7, 11) is 0. The number of carbonyl (C=O) groups excluding carboxylic acids is 1. The Morgan fingerprint density at radius 3 is 2.84 bits per heavy atom. The minimum atomic E-state index is -0.00762. The van der Waals surface area contributed by atoms with E-state index >= 15 is 0 Å². The predicted molar refractivity (Wildman–Crippen MR) is 96.4 cm³/mol. The molecular formula is C18H25N5O2. The number of aryl methyl sites for hydroxylation is 1. The molecule has 1 aromatic heterocycles. The fraction of sp³-hybridized carbons (Fsp3) is 0.444. The number of aliphatic hydroxyl groups excluding tert-OH is 1. The van der Waals surface area contributed by atoms with Crippen LogP contribution in [0.4, 0.5) is 10.5 Å². The number of nitrogens with zero attached hydrogens (tertiary/aromatic N) is 3. The van der Waals surface area contributed by atoms with Crippen molar-refractivity contribution >= 4 is 11.7 Å². The summed E-state index contributed by atoms with van der Waals surface area (Å²) in [6, 6.07) is 8.05. The maximum Gasteiger partial charge on any atom is 0.317 e. The van der Waals surface area contributed by atoms with Gasteiger partial charge in [0.1, 0.15) is 0 Å². The number of aliphatic hydroxyl groups is 1. The molecule has 0 unspecified atom stereocenters. The zero-order valence-electron chi connectivity index (χ0n) is 14.7. The average molecular weight is 343 g/mol. The standard InChI is InChI=1S/C18H25N5O2/c1-13-16(14(2)23(21-13)9-10-24)11-20-17-6-4-3-5-15(17)12-22-8-7-19-18(22)25/h3-6,20,24H,7-12H2,1-2H3,(H,19,25). The largest absolute Gasteiger partial charge is 0.394 e. The van der Waals surface area contributed by atoms with Gasteiger partial charge in [-0.05, 0) is 25.5 Å². The van der Waals surface area contributed by atoms with Gasteiger partial charge < -0.3 is 20.6 Å². The molecule has 0 radical (unpaired) electrons. The van der Waals surface area contributed by atoms with Crippen molar-refractivity contribution < 1.29 is 9.90 Å².